The smallest absolute Gasteiger partial charge is 0.336 e. The van der Waals surface area contributed by atoms with Crippen LogP contribution in [0.4, 0.5) is 0 Å². The van der Waals surface area contributed by atoms with E-state index < -0.39 is 12.1 Å². The van der Waals surface area contributed by atoms with E-state index in [0.717, 1.165) is 30.1 Å². The zero-order chi connectivity index (χ0) is 15.0. The van der Waals surface area contributed by atoms with Gasteiger partial charge in [0.25, 0.3) is 0 Å². The number of hydrogen-bond acceptors (Lipinski definition) is 3. The molecule has 1 unspecified atom stereocenters. The standard InChI is InChI=1S/C18H28O3/c1-3-4-17(19)11(2)18(20)21-10-16-14-6-12-5-13(8-14)9-15(16)7-12/h12-17,19H,2-10H2,1H3. The summed E-state index contributed by atoms with van der Waals surface area (Å²) in [4.78, 5) is 12.0. The van der Waals surface area contributed by atoms with Gasteiger partial charge in [0.1, 0.15) is 0 Å². The fraction of sp³-hybridized carbons (Fsp3) is 0.833. The molecule has 1 N–H and O–H groups in total. The van der Waals surface area contributed by atoms with Gasteiger partial charge in [-0.2, -0.15) is 0 Å². The van der Waals surface area contributed by atoms with Crippen LogP contribution in [-0.4, -0.2) is 23.8 Å². The van der Waals surface area contributed by atoms with Gasteiger partial charge >= 0.3 is 5.97 Å². The monoisotopic (exact) mass is 292 g/mol. The van der Waals surface area contributed by atoms with Gasteiger partial charge in [-0.05, 0) is 68.1 Å². The van der Waals surface area contributed by atoms with E-state index in [4.69, 9.17) is 4.74 Å². The van der Waals surface area contributed by atoms with Crippen LogP contribution in [0.2, 0.25) is 0 Å². The van der Waals surface area contributed by atoms with Crippen LogP contribution >= 0.6 is 0 Å². The van der Waals surface area contributed by atoms with Crippen molar-refractivity contribution in [2.24, 2.45) is 29.6 Å². The van der Waals surface area contributed by atoms with Crippen molar-refractivity contribution >= 4 is 5.97 Å². The summed E-state index contributed by atoms with van der Waals surface area (Å²) in [5, 5.41) is 9.83. The molecule has 3 heteroatoms. The molecule has 0 aromatic rings. The molecule has 0 heterocycles. The first-order valence-corrected chi connectivity index (χ1v) is 8.62. The number of carbonyl (C=O) groups is 1. The highest BCUT2D eigenvalue weighted by Gasteiger charge is 2.48. The summed E-state index contributed by atoms with van der Waals surface area (Å²) >= 11 is 0. The lowest BCUT2D eigenvalue weighted by Crippen LogP contribution is -2.46. The third kappa shape index (κ3) is 3.03. The fourth-order valence-electron chi connectivity index (χ4n) is 5.16. The van der Waals surface area contributed by atoms with Crippen LogP contribution in [-0.2, 0) is 9.53 Å². The molecule has 0 aromatic carbocycles. The molecule has 118 valence electrons. The minimum Gasteiger partial charge on any atom is -0.462 e. The maximum Gasteiger partial charge on any atom is 0.336 e. The summed E-state index contributed by atoms with van der Waals surface area (Å²) in [6.45, 7) is 6.22. The van der Waals surface area contributed by atoms with E-state index in [-0.39, 0.29) is 5.57 Å². The second kappa shape index (κ2) is 6.12. The average molecular weight is 292 g/mol. The van der Waals surface area contributed by atoms with Crippen LogP contribution in [0.5, 0.6) is 0 Å². The van der Waals surface area contributed by atoms with Crippen molar-refractivity contribution < 1.29 is 14.6 Å². The minimum atomic E-state index is -0.749. The van der Waals surface area contributed by atoms with Crippen LogP contribution in [0.3, 0.4) is 0 Å². The third-order valence-electron chi connectivity index (χ3n) is 6.06. The van der Waals surface area contributed by atoms with Crippen molar-refractivity contribution in [1.82, 2.24) is 0 Å². The summed E-state index contributed by atoms with van der Waals surface area (Å²) < 4.78 is 5.50. The molecule has 4 aliphatic rings. The molecule has 21 heavy (non-hydrogen) atoms. The first kappa shape index (κ1) is 15.1. The molecule has 0 amide bonds. The fourth-order valence-corrected chi connectivity index (χ4v) is 5.16. The first-order chi connectivity index (χ1) is 10.1. The van der Waals surface area contributed by atoms with Crippen LogP contribution in [0.1, 0.15) is 51.9 Å². The van der Waals surface area contributed by atoms with E-state index >= 15 is 0 Å². The predicted molar refractivity (Wildman–Crippen MR) is 81.5 cm³/mol. The maximum atomic E-state index is 12.0. The number of esters is 1. The Morgan fingerprint density at radius 1 is 1.19 bits per heavy atom. The number of aliphatic hydroxyl groups is 1. The average Bonchev–Trinajstić information content (AvgIpc) is 2.45. The van der Waals surface area contributed by atoms with Gasteiger partial charge in [0.05, 0.1) is 18.3 Å². The third-order valence-corrected chi connectivity index (χ3v) is 6.06. The van der Waals surface area contributed by atoms with E-state index in [0.29, 0.717) is 18.9 Å². The highest BCUT2D eigenvalue weighted by Crippen LogP contribution is 2.56. The normalized spacial score (nSPS) is 38.3. The zero-order valence-electron chi connectivity index (χ0n) is 13.1. The maximum absolute atomic E-state index is 12.0. The van der Waals surface area contributed by atoms with Crippen LogP contribution in [0.15, 0.2) is 12.2 Å². The number of rotatable bonds is 6. The predicted octanol–water partition coefficient (Wildman–Crippen LogP) is 3.32. The molecule has 0 saturated heterocycles. The number of hydrogen-bond donors (Lipinski definition) is 1. The molecule has 4 aliphatic carbocycles. The molecule has 4 saturated carbocycles. The van der Waals surface area contributed by atoms with Crippen molar-refractivity contribution in [2.45, 2.75) is 58.0 Å². The van der Waals surface area contributed by atoms with Crippen LogP contribution < -0.4 is 0 Å². The Bertz CT molecular complexity index is 387. The Morgan fingerprint density at radius 2 is 1.76 bits per heavy atom. The van der Waals surface area contributed by atoms with Crippen LogP contribution in [0, 0.1) is 29.6 Å². The quantitative estimate of drug-likeness (QED) is 0.603. The van der Waals surface area contributed by atoms with Crippen molar-refractivity contribution in [3.05, 3.63) is 12.2 Å². The van der Waals surface area contributed by atoms with Crippen molar-refractivity contribution in [2.75, 3.05) is 6.61 Å². The van der Waals surface area contributed by atoms with E-state index in [9.17, 15) is 9.90 Å². The number of ether oxygens (including phenoxy) is 1. The number of aliphatic hydroxyl groups excluding tert-OH is 1. The highest BCUT2D eigenvalue weighted by molar-refractivity contribution is 5.88. The Hall–Kier alpha value is -0.830. The van der Waals surface area contributed by atoms with Crippen molar-refractivity contribution in [3.63, 3.8) is 0 Å². The summed E-state index contributed by atoms with van der Waals surface area (Å²) in [6, 6.07) is 0. The van der Waals surface area contributed by atoms with Gasteiger partial charge in [-0.3, -0.25) is 0 Å². The summed E-state index contributed by atoms with van der Waals surface area (Å²) in [6.07, 6.45) is 7.47. The molecule has 1 atom stereocenters. The van der Waals surface area contributed by atoms with Gasteiger partial charge in [0.15, 0.2) is 0 Å². The van der Waals surface area contributed by atoms with E-state index in [2.05, 4.69) is 6.58 Å². The van der Waals surface area contributed by atoms with E-state index in [1.165, 1.54) is 32.1 Å². The lowest BCUT2D eigenvalue weighted by atomic mass is 9.52. The highest BCUT2D eigenvalue weighted by atomic mass is 16.5. The SMILES string of the molecule is C=C(C(=O)OCC1C2CC3CC(C2)CC1C3)C(O)CCC. The Morgan fingerprint density at radius 3 is 2.29 bits per heavy atom. The Balaban J connectivity index is 1.51. The molecule has 0 radical (unpaired) electrons. The summed E-state index contributed by atoms with van der Waals surface area (Å²) in [5.74, 6) is 3.58. The molecule has 4 fully saturated rings. The molecule has 4 bridgehead atoms. The van der Waals surface area contributed by atoms with Crippen molar-refractivity contribution in [1.29, 1.82) is 0 Å². The minimum absolute atomic E-state index is 0.223. The molecule has 4 rings (SSSR count). The zero-order valence-corrected chi connectivity index (χ0v) is 13.1. The second-order valence-corrected chi connectivity index (χ2v) is 7.52. The van der Waals surface area contributed by atoms with Gasteiger partial charge in [0.2, 0.25) is 0 Å². The Kier molecular flexibility index (Phi) is 4.39. The van der Waals surface area contributed by atoms with Crippen molar-refractivity contribution in [3.8, 4) is 0 Å². The summed E-state index contributed by atoms with van der Waals surface area (Å²) in [5.41, 5.74) is 0.223. The number of carbonyl (C=O) groups excluding carboxylic acids is 1. The van der Waals surface area contributed by atoms with Crippen LogP contribution in [0.25, 0.3) is 0 Å². The summed E-state index contributed by atoms with van der Waals surface area (Å²) in [7, 11) is 0. The molecular formula is C18H28O3. The van der Waals surface area contributed by atoms with Gasteiger partial charge in [-0.1, -0.05) is 19.9 Å². The lowest BCUT2D eigenvalue weighted by molar-refractivity contribution is -0.146. The second-order valence-electron chi connectivity index (χ2n) is 7.52. The molecule has 3 nitrogen and oxygen atoms in total. The first-order valence-electron chi connectivity index (χ1n) is 8.62. The van der Waals surface area contributed by atoms with Gasteiger partial charge in [0, 0.05) is 0 Å². The molecule has 0 spiro atoms. The van der Waals surface area contributed by atoms with Gasteiger partial charge < -0.3 is 9.84 Å². The van der Waals surface area contributed by atoms with E-state index in [1.807, 2.05) is 6.92 Å². The van der Waals surface area contributed by atoms with Gasteiger partial charge in [-0.25, -0.2) is 4.79 Å². The molecule has 0 aromatic heterocycles. The Labute approximate surface area is 127 Å². The molecule has 0 aliphatic heterocycles. The topological polar surface area (TPSA) is 46.5 Å². The lowest BCUT2D eigenvalue weighted by Gasteiger charge is -2.54. The molecular weight excluding hydrogens is 264 g/mol. The van der Waals surface area contributed by atoms with Gasteiger partial charge in [-0.15, -0.1) is 0 Å². The van der Waals surface area contributed by atoms with E-state index in [1.54, 1.807) is 0 Å². The largest absolute Gasteiger partial charge is 0.462 e.